The van der Waals surface area contributed by atoms with E-state index in [2.05, 4.69) is 4.85 Å². The second kappa shape index (κ2) is 19.7. The van der Waals surface area contributed by atoms with Crippen molar-refractivity contribution in [3.05, 3.63) is 252 Å². The molecule has 0 N–H and O–H groups in total. The summed E-state index contributed by atoms with van der Waals surface area (Å²) < 4.78 is 134. The quantitative estimate of drug-likeness (QED) is 0.113. The second-order valence-electron chi connectivity index (χ2n) is 20.1. The Labute approximate surface area is 467 Å². The van der Waals surface area contributed by atoms with E-state index in [0.717, 1.165) is 28.6 Å². The fraction of sp³-hybridized carbons (Fsp3) is 0.0588. The molecule has 3 heterocycles. The van der Waals surface area contributed by atoms with Crippen molar-refractivity contribution in [2.24, 2.45) is 0 Å². The van der Waals surface area contributed by atoms with E-state index in [-0.39, 0.29) is 22.9 Å². The third-order valence-electron chi connectivity index (χ3n) is 14.9. The average molecular weight is 1110 g/mol. The summed E-state index contributed by atoms with van der Waals surface area (Å²) in [6, 6.07) is 60.4. The van der Waals surface area contributed by atoms with Crippen LogP contribution in [0.15, 0.2) is 218 Å². The minimum absolute atomic E-state index is 0.0156. The first-order valence-corrected chi connectivity index (χ1v) is 26.0. The highest BCUT2D eigenvalue weighted by molar-refractivity contribution is 6.13. The molecule has 0 aliphatic heterocycles. The summed E-state index contributed by atoms with van der Waals surface area (Å²) in [4.78, 5) is 18.9. The molecule has 13 aromatic rings. The van der Waals surface area contributed by atoms with Crippen LogP contribution in [0.25, 0.3) is 127 Å². The molecule has 0 bridgehead atoms. The SMILES string of the molecule is [C-]#[N+]c1ccc(-n2c3ccccc3c3cc(-c4ccc(C(F)(F)F)cc4C(F)(F)F)ccc32)c(-c2ccc(-c3nc(-c4ccccc4)nc(-c4ccccc4)n3)cc2-n2c3ccccc3c3cc(-c4ccc(C)cc4C(F)(F)F)ccc32)c1. The summed E-state index contributed by atoms with van der Waals surface area (Å²) in [6.07, 6.45) is -14.8. The van der Waals surface area contributed by atoms with Crippen molar-refractivity contribution in [1.29, 1.82) is 0 Å². The average Bonchev–Trinajstić information content (AvgIpc) is 2.01. The van der Waals surface area contributed by atoms with Gasteiger partial charge in [-0.3, -0.25) is 0 Å². The molecule has 0 unspecified atom stereocenters. The molecule has 6 nitrogen and oxygen atoms in total. The van der Waals surface area contributed by atoms with Crippen molar-refractivity contribution in [1.82, 2.24) is 24.1 Å². The molecule has 0 aliphatic carbocycles. The zero-order chi connectivity index (χ0) is 57.5. The number of rotatable bonds is 8. The van der Waals surface area contributed by atoms with E-state index >= 15 is 0 Å². The van der Waals surface area contributed by atoms with Gasteiger partial charge in [0.15, 0.2) is 23.2 Å². The third-order valence-corrected chi connectivity index (χ3v) is 14.9. The first-order valence-electron chi connectivity index (χ1n) is 26.0. The van der Waals surface area contributed by atoms with Gasteiger partial charge in [-0.05, 0) is 108 Å². The summed E-state index contributed by atoms with van der Waals surface area (Å²) in [7, 11) is 0. The first kappa shape index (κ1) is 52.1. The van der Waals surface area contributed by atoms with Gasteiger partial charge in [0.1, 0.15) is 0 Å². The van der Waals surface area contributed by atoms with Crippen molar-refractivity contribution in [3.8, 4) is 78.9 Å². The van der Waals surface area contributed by atoms with E-state index in [0.29, 0.717) is 101 Å². The number of halogens is 9. The molecule has 83 heavy (non-hydrogen) atoms. The van der Waals surface area contributed by atoms with Crippen LogP contribution in [0.3, 0.4) is 0 Å². The van der Waals surface area contributed by atoms with Gasteiger partial charge >= 0.3 is 18.5 Å². The molecular weight excluding hydrogens is 1070 g/mol. The molecule has 10 aromatic carbocycles. The molecule has 0 amide bonds. The summed E-state index contributed by atoms with van der Waals surface area (Å²) in [5.41, 5.74) is 3.84. The number of hydrogen-bond acceptors (Lipinski definition) is 3. The fourth-order valence-electron chi connectivity index (χ4n) is 11.2. The molecule has 15 heteroatoms. The molecular formula is C68H39F9N6. The van der Waals surface area contributed by atoms with E-state index in [1.807, 2.05) is 130 Å². The van der Waals surface area contributed by atoms with Crippen molar-refractivity contribution in [2.75, 3.05) is 0 Å². The van der Waals surface area contributed by atoms with Gasteiger partial charge in [0.2, 0.25) is 0 Å². The maximum absolute atomic E-state index is 14.8. The van der Waals surface area contributed by atoms with Gasteiger partial charge in [-0.25, -0.2) is 19.8 Å². The number of aromatic nitrogens is 5. The molecule has 404 valence electrons. The number of fused-ring (bicyclic) bond motifs is 6. The van der Waals surface area contributed by atoms with Crippen molar-refractivity contribution < 1.29 is 39.5 Å². The van der Waals surface area contributed by atoms with Crippen LogP contribution in [0.2, 0.25) is 0 Å². The van der Waals surface area contributed by atoms with Gasteiger partial charge in [-0.15, -0.1) is 0 Å². The first-order chi connectivity index (χ1) is 39.9. The standard InChI is InChI=1S/C68H39F9N6/c1-39-21-27-47(55(33-39)67(72,73)74)42-24-31-60-53(34-42)50-18-10-12-20-58(50)83(60)62-36-44(65-80-63(40-13-5-3-6-14-40)79-64(81-65)41-15-7-4-8-16-41)22-28-51(62)54-38-46(78-2)26-32-61(54)82-57-19-11-9-17-49(57)52-35-43(23-30-59(52)82)48-29-25-45(66(69,70)71)37-56(48)68(75,76)77/h3-38H,1H3. The largest absolute Gasteiger partial charge is 0.417 e. The lowest BCUT2D eigenvalue weighted by molar-refractivity contribution is -0.143. The highest BCUT2D eigenvalue weighted by atomic mass is 19.4. The lowest BCUT2D eigenvalue weighted by Gasteiger charge is -2.20. The Hall–Kier alpha value is -10.3. The predicted molar refractivity (Wildman–Crippen MR) is 307 cm³/mol. The van der Waals surface area contributed by atoms with Crippen molar-refractivity contribution in [2.45, 2.75) is 25.5 Å². The monoisotopic (exact) mass is 1110 g/mol. The minimum atomic E-state index is -5.12. The van der Waals surface area contributed by atoms with E-state index in [9.17, 15) is 39.5 Å². The Morgan fingerprint density at radius 3 is 1.34 bits per heavy atom. The van der Waals surface area contributed by atoms with Crippen LogP contribution in [-0.4, -0.2) is 24.1 Å². The minimum Gasteiger partial charge on any atom is -0.309 e. The van der Waals surface area contributed by atoms with Crippen LogP contribution in [-0.2, 0) is 18.5 Å². The molecule has 0 fully saturated rings. The van der Waals surface area contributed by atoms with Gasteiger partial charge < -0.3 is 9.13 Å². The van der Waals surface area contributed by atoms with Crippen LogP contribution in [0.5, 0.6) is 0 Å². The molecule has 0 atom stereocenters. The zero-order valence-electron chi connectivity index (χ0n) is 43.4. The zero-order valence-corrected chi connectivity index (χ0v) is 43.4. The topological polar surface area (TPSA) is 52.9 Å². The van der Waals surface area contributed by atoms with Gasteiger partial charge in [-0.2, -0.15) is 39.5 Å². The Bertz CT molecular complexity index is 4720. The number of alkyl halides is 9. The van der Waals surface area contributed by atoms with E-state index in [4.69, 9.17) is 21.5 Å². The lowest BCUT2D eigenvalue weighted by atomic mass is 9.95. The van der Waals surface area contributed by atoms with Gasteiger partial charge in [0.05, 0.1) is 56.7 Å². The van der Waals surface area contributed by atoms with Gasteiger partial charge in [-0.1, -0.05) is 151 Å². The Balaban J connectivity index is 1.09. The number of hydrogen-bond donors (Lipinski definition) is 0. The highest BCUT2D eigenvalue weighted by Gasteiger charge is 2.39. The summed E-state index contributed by atoms with van der Waals surface area (Å²) in [5.74, 6) is 1.14. The predicted octanol–water partition coefficient (Wildman–Crippen LogP) is 20.0. The number of para-hydroxylation sites is 2. The molecule has 0 saturated heterocycles. The lowest BCUT2D eigenvalue weighted by Crippen LogP contribution is -2.12. The summed E-state index contributed by atoms with van der Waals surface area (Å²) in [6.45, 7) is 9.91. The summed E-state index contributed by atoms with van der Waals surface area (Å²) >= 11 is 0. The Morgan fingerprint density at radius 1 is 0.349 bits per heavy atom. The molecule has 0 spiro atoms. The Morgan fingerprint density at radius 2 is 0.807 bits per heavy atom. The molecule has 3 aromatic heterocycles. The van der Waals surface area contributed by atoms with Gasteiger partial charge in [0.25, 0.3) is 0 Å². The number of nitrogens with zero attached hydrogens (tertiary/aromatic N) is 6. The van der Waals surface area contributed by atoms with Gasteiger partial charge in [0, 0.05) is 43.8 Å². The van der Waals surface area contributed by atoms with Crippen LogP contribution in [0.1, 0.15) is 22.3 Å². The van der Waals surface area contributed by atoms with Crippen LogP contribution in [0.4, 0.5) is 45.2 Å². The van der Waals surface area contributed by atoms with Crippen molar-refractivity contribution >= 4 is 49.3 Å². The number of aryl methyl sites for hydroxylation is 1. The maximum atomic E-state index is 14.8. The number of benzene rings is 10. The highest BCUT2D eigenvalue weighted by Crippen LogP contribution is 2.47. The smallest absolute Gasteiger partial charge is 0.309 e. The fourth-order valence-corrected chi connectivity index (χ4v) is 11.2. The normalized spacial score (nSPS) is 12.2. The van der Waals surface area contributed by atoms with E-state index < -0.39 is 40.8 Å². The molecule has 0 saturated carbocycles. The van der Waals surface area contributed by atoms with Crippen LogP contribution >= 0.6 is 0 Å². The van der Waals surface area contributed by atoms with E-state index in [1.165, 1.54) is 12.1 Å². The molecule has 0 aliphatic rings. The second-order valence-corrected chi connectivity index (χ2v) is 20.1. The third kappa shape index (κ3) is 9.27. The van der Waals surface area contributed by atoms with E-state index in [1.54, 1.807) is 67.6 Å². The van der Waals surface area contributed by atoms with Crippen molar-refractivity contribution in [3.63, 3.8) is 0 Å². The molecule has 0 radical (unpaired) electrons. The summed E-state index contributed by atoms with van der Waals surface area (Å²) in [5, 5.41) is 2.50. The van der Waals surface area contributed by atoms with Crippen LogP contribution < -0.4 is 0 Å². The molecule has 13 rings (SSSR count). The Kier molecular flexibility index (Phi) is 12.4. The maximum Gasteiger partial charge on any atom is 0.417 e. The van der Waals surface area contributed by atoms with Crippen LogP contribution in [0, 0.1) is 13.5 Å².